The molecule has 1 fully saturated rings. The minimum absolute atomic E-state index is 0.0309. The fourth-order valence-electron chi connectivity index (χ4n) is 2.95. The standard InChI is InChI=1S/C20H21N5O2/c1-11(2)22-20(27)18-16-8-13(5-6-17(16)24-25-18)14-7-15(10-21-9-14)23-19(26)12-3-4-12/h5-12H,3-4H2,1-2H3,(H,22,27)(H,23,26)(H,24,25). The van der Waals surface area contributed by atoms with E-state index in [9.17, 15) is 9.59 Å². The van der Waals surface area contributed by atoms with Crippen LogP contribution < -0.4 is 10.6 Å². The summed E-state index contributed by atoms with van der Waals surface area (Å²) in [4.78, 5) is 28.6. The first kappa shape index (κ1) is 17.2. The van der Waals surface area contributed by atoms with Crippen LogP contribution >= 0.6 is 0 Å². The molecule has 1 saturated carbocycles. The molecule has 1 aromatic carbocycles. The number of rotatable bonds is 5. The van der Waals surface area contributed by atoms with Crippen molar-refractivity contribution in [2.75, 3.05) is 5.32 Å². The molecule has 2 amide bonds. The lowest BCUT2D eigenvalue weighted by Gasteiger charge is -2.08. The van der Waals surface area contributed by atoms with E-state index >= 15 is 0 Å². The Labute approximate surface area is 156 Å². The number of hydrogen-bond acceptors (Lipinski definition) is 4. The lowest BCUT2D eigenvalue weighted by Crippen LogP contribution is -2.30. The van der Waals surface area contributed by atoms with Crippen molar-refractivity contribution in [1.29, 1.82) is 0 Å². The number of fused-ring (bicyclic) bond motifs is 1. The van der Waals surface area contributed by atoms with Crippen LogP contribution in [0.15, 0.2) is 36.7 Å². The molecular weight excluding hydrogens is 342 g/mol. The van der Waals surface area contributed by atoms with Gasteiger partial charge in [-0.25, -0.2) is 0 Å². The number of pyridine rings is 1. The van der Waals surface area contributed by atoms with Gasteiger partial charge in [-0.1, -0.05) is 6.07 Å². The van der Waals surface area contributed by atoms with Gasteiger partial charge in [0, 0.05) is 29.1 Å². The molecule has 27 heavy (non-hydrogen) atoms. The van der Waals surface area contributed by atoms with E-state index in [2.05, 4.69) is 25.8 Å². The van der Waals surface area contributed by atoms with Gasteiger partial charge in [-0.05, 0) is 50.5 Å². The Balaban J connectivity index is 1.65. The highest BCUT2D eigenvalue weighted by Crippen LogP contribution is 2.31. The van der Waals surface area contributed by atoms with Gasteiger partial charge in [-0.15, -0.1) is 0 Å². The van der Waals surface area contributed by atoms with Crippen LogP contribution in [0.2, 0.25) is 0 Å². The van der Waals surface area contributed by atoms with E-state index in [0.717, 1.165) is 34.9 Å². The van der Waals surface area contributed by atoms with Crippen molar-refractivity contribution in [1.82, 2.24) is 20.5 Å². The topological polar surface area (TPSA) is 99.8 Å². The smallest absolute Gasteiger partial charge is 0.272 e. The summed E-state index contributed by atoms with van der Waals surface area (Å²) in [7, 11) is 0. The number of H-pyrrole nitrogens is 1. The van der Waals surface area contributed by atoms with Gasteiger partial charge in [0.15, 0.2) is 5.69 Å². The molecule has 2 aromatic heterocycles. The Bertz CT molecular complexity index is 1020. The van der Waals surface area contributed by atoms with Gasteiger partial charge in [0.1, 0.15) is 0 Å². The van der Waals surface area contributed by atoms with E-state index in [1.54, 1.807) is 12.4 Å². The van der Waals surface area contributed by atoms with Gasteiger partial charge in [-0.3, -0.25) is 19.7 Å². The number of aromatic amines is 1. The molecule has 138 valence electrons. The van der Waals surface area contributed by atoms with Crippen molar-refractivity contribution < 1.29 is 9.59 Å². The molecule has 0 spiro atoms. The number of nitrogens with zero attached hydrogens (tertiary/aromatic N) is 2. The average molecular weight is 363 g/mol. The van der Waals surface area contributed by atoms with Gasteiger partial charge in [-0.2, -0.15) is 5.10 Å². The summed E-state index contributed by atoms with van der Waals surface area (Å²) in [5.41, 5.74) is 3.60. The Morgan fingerprint density at radius 3 is 2.70 bits per heavy atom. The van der Waals surface area contributed by atoms with E-state index in [-0.39, 0.29) is 23.8 Å². The number of nitrogens with one attached hydrogen (secondary N) is 3. The molecule has 2 heterocycles. The van der Waals surface area contributed by atoms with Crippen molar-refractivity contribution in [2.24, 2.45) is 5.92 Å². The molecule has 1 aliphatic rings. The van der Waals surface area contributed by atoms with Gasteiger partial charge < -0.3 is 10.6 Å². The van der Waals surface area contributed by atoms with Crippen molar-refractivity contribution >= 4 is 28.4 Å². The zero-order valence-electron chi connectivity index (χ0n) is 15.2. The third-order valence-corrected chi connectivity index (χ3v) is 4.48. The van der Waals surface area contributed by atoms with Gasteiger partial charge in [0.2, 0.25) is 5.91 Å². The molecule has 0 bridgehead atoms. The number of carbonyl (C=O) groups excluding carboxylic acids is 2. The van der Waals surface area contributed by atoms with Crippen LogP contribution in [0.1, 0.15) is 37.2 Å². The summed E-state index contributed by atoms with van der Waals surface area (Å²) in [6.45, 7) is 3.82. The first-order chi connectivity index (χ1) is 13.0. The molecule has 0 unspecified atom stereocenters. The highest BCUT2D eigenvalue weighted by molar-refractivity contribution is 6.05. The number of hydrogen-bond donors (Lipinski definition) is 3. The normalized spacial score (nSPS) is 13.7. The molecule has 0 aliphatic heterocycles. The monoisotopic (exact) mass is 363 g/mol. The summed E-state index contributed by atoms with van der Waals surface area (Å²) in [5.74, 6) is -0.0261. The maximum absolute atomic E-state index is 12.4. The largest absolute Gasteiger partial charge is 0.348 e. The second-order valence-electron chi connectivity index (χ2n) is 7.19. The molecule has 3 aromatic rings. The molecule has 0 saturated heterocycles. The van der Waals surface area contributed by atoms with E-state index in [1.165, 1.54) is 0 Å². The number of amides is 2. The Kier molecular flexibility index (Phi) is 4.35. The molecule has 0 atom stereocenters. The van der Waals surface area contributed by atoms with Crippen LogP contribution in [0, 0.1) is 5.92 Å². The molecule has 7 nitrogen and oxygen atoms in total. The number of benzene rings is 1. The molecular formula is C20H21N5O2. The molecule has 3 N–H and O–H groups in total. The molecule has 7 heteroatoms. The summed E-state index contributed by atoms with van der Waals surface area (Å²) in [6.07, 6.45) is 5.29. The minimum Gasteiger partial charge on any atom is -0.348 e. The summed E-state index contributed by atoms with van der Waals surface area (Å²) < 4.78 is 0. The zero-order valence-corrected chi connectivity index (χ0v) is 15.2. The second kappa shape index (κ2) is 6.83. The average Bonchev–Trinajstić information content (AvgIpc) is 3.40. The highest BCUT2D eigenvalue weighted by Gasteiger charge is 2.29. The van der Waals surface area contributed by atoms with E-state index in [0.29, 0.717) is 11.4 Å². The predicted octanol–water partition coefficient (Wildman–Crippen LogP) is 3.11. The van der Waals surface area contributed by atoms with Crippen molar-refractivity contribution in [3.8, 4) is 11.1 Å². The lowest BCUT2D eigenvalue weighted by atomic mass is 10.0. The molecule has 0 radical (unpaired) electrons. The predicted molar refractivity (Wildman–Crippen MR) is 103 cm³/mol. The Morgan fingerprint density at radius 1 is 1.15 bits per heavy atom. The zero-order chi connectivity index (χ0) is 19.0. The molecule has 4 rings (SSSR count). The van der Waals surface area contributed by atoms with Crippen LogP contribution in [0.25, 0.3) is 22.0 Å². The Hall–Kier alpha value is -3.22. The lowest BCUT2D eigenvalue weighted by molar-refractivity contribution is -0.117. The van der Waals surface area contributed by atoms with Crippen molar-refractivity contribution in [3.63, 3.8) is 0 Å². The van der Waals surface area contributed by atoms with Crippen molar-refractivity contribution in [3.05, 3.63) is 42.4 Å². The van der Waals surface area contributed by atoms with Crippen LogP contribution in [0.4, 0.5) is 5.69 Å². The maximum atomic E-state index is 12.4. The third-order valence-electron chi connectivity index (χ3n) is 4.48. The van der Waals surface area contributed by atoms with Gasteiger partial charge in [0.25, 0.3) is 5.91 Å². The fourth-order valence-corrected chi connectivity index (χ4v) is 2.95. The quantitative estimate of drug-likeness (QED) is 0.648. The molecule has 1 aliphatic carbocycles. The van der Waals surface area contributed by atoms with Gasteiger partial charge >= 0.3 is 0 Å². The van der Waals surface area contributed by atoms with E-state index in [4.69, 9.17) is 0 Å². The minimum atomic E-state index is -0.211. The maximum Gasteiger partial charge on any atom is 0.272 e. The summed E-state index contributed by atoms with van der Waals surface area (Å²) in [5, 5.41) is 13.6. The number of carbonyl (C=O) groups is 2. The van der Waals surface area contributed by atoms with Crippen LogP contribution in [0.5, 0.6) is 0 Å². The number of aromatic nitrogens is 3. The highest BCUT2D eigenvalue weighted by atomic mass is 16.2. The van der Waals surface area contributed by atoms with Crippen LogP contribution in [-0.4, -0.2) is 33.0 Å². The van der Waals surface area contributed by atoms with Crippen LogP contribution in [0.3, 0.4) is 0 Å². The summed E-state index contributed by atoms with van der Waals surface area (Å²) >= 11 is 0. The van der Waals surface area contributed by atoms with Crippen molar-refractivity contribution in [2.45, 2.75) is 32.7 Å². The third kappa shape index (κ3) is 3.67. The van der Waals surface area contributed by atoms with E-state index in [1.807, 2.05) is 38.1 Å². The fraction of sp³-hybridized carbons (Fsp3) is 0.300. The first-order valence-electron chi connectivity index (χ1n) is 9.06. The Morgan fingerprint density at radius 2 is 1.96 bits per heavy atom. The first-order valence-corrected chi connectivity index (χ1v) is 9.06. The van der Waals surface area contributed by atoms with E-state index < -0.39 is 0 Å². The van der Waals surface area contributed by atoms with Gasteiger partial charge in [0.05, 0.1) is 17.4 Å². The SMILES string of the molecule is CC(C)NC(=O)c1n[nH]c2ccc(-c3cncc(NC(=O)C4CC4)c3)cc12. The second-order valence-corrected chi connectivity index (χ2v) is 7.19. The number of anilines is 1. The van der Waals surface area contributed by atoms with Crippen LogP contribution in [-0.2, 0) is 4.79 Å². The summed E-state index contributed by atoms with van der Waals surface area (Å²) in [6, 6.07) is 7.66.